The first-order valence-corrected chi connectivity index (χ1v) is 10.3. The molecule has 0 fully saturated rings. The van der Waals surface area contributed by atoms with E-state index in [9.17, 15) is 9.90 Å². The molecule has 0 aliphatic heterocycles. The topological polar surface area (TPSA) is 49.8 Å². The molecule has 0 saturated heterocycles. The van der Waals surface area contributed by atoms with Crippen molar-refractivity contribution in [3.05, 3.63) is 65.2 Å². The third kappa shape index (κ3) is 6.60. The summed E-state index contributed by atoms with van der Waals surface area (Å²) in [4.78, 5) is 14.9. The maximum Gasteiger partial charge on any atom is 0.308 e. The largest absolute Gasteiger partial charge is 0.508 e. The molecule has 0 bridgehead atoms. The van der Waals surface area contributed by atoms with Crippen LogP contribution in [0.25, 0.3) is 0 Å². The summed E-state index contributed by atoms with van der Waals surface area (Å²) in [6.45, 7) is 2.04. The molecule has 0 aromatic heterocycles. The molecule has 0 unspecified atom stereocenters. The summed E-state index contributed by atoms with van der Waals surface area (Å²) >= 11 is 0. The Hall–Kier alpha value is -2.33. The van der Waals surface area contributed by atoms with Crippen LogP contribution in [-0.4, -0.2) is 34.6 Å². The van der Waals surface area contributed by atoms with Gasteiger partial charge in [-0.1, -0.05) is 50.1 Å². The van der Waals surface area contributed by atoms with Gasteiger partial charge in [0.15, 0.2) is 0 Å². The van der Waals surface area contributed by atoms with Crippen LogP contribution < -0.4 is 0 Å². The number of hydrogen-bond donors (Lipinski definition) is 1. The van der Waals surface area contributed by atoms with Gasteiger partial charge in [-0.2, -0.15) is 0 Å². The van der Waals surface area contributed by atoms with Crippen molar-refractivity contribution in [3.63, 3.8) is 0 Å². The van der Waals surface area contributed by atoms with Crippen LogP contribution in [0.4, 0.5) is 0 Å². The molecule has 1 atom stereocenters. The predicted octanol–water partition coefficient (Wildman–Crippen LogP) is 5.73. The fraction of sp³-hybridized carbons (Fsp3) is 0.500. The van der Waals surface area contributed by atoms with Gasteiger partial charge in [-0.15, -0.1) is 0 Å². The van der Waals surface area contributed by atoms with Crippen LogP contribution in [-0.2, 0) is 16.1 Å². The SMILES string of the molecule is [2H]C([2H])([2H])C([2H])(C(=O)OCc1ccc(O)c([C@H](CCN(C(C)C)C(C)C)c2ccccc2)c1)C([2H])([2H])[2H]. The molecule has 1 N–H and O–H groups in total. The quantitative estimate of drug-likeness (QED) is 0.500. The van der Waals surface area contributed by atoms with Crippen molar-refractivity contribution in [1.29, 1.82) is 0 Å². The lowest BCUT2D eigenvalue weighted by molar-refractivity contribution is -0.148. The fourth-order valence-corrected chi connectivity index (χ4v) is 3.77. The minimum absolute atomic E-state index is 0.0596. The molecule has 0 heterocycles. The number of hydrogen-bond acceptors (Lipinski definition) is 4. The molecular weight excluding hydrogens is 374 g/mol. The van der Waals surface area contributed by atoms with E-state index in [0.717, 1.165) is 12.1 Å². The third-order valence-corrected chi connectivity index (χ3v) is 5.25. The van der Waals surface area contributed by atoms with Crippen LogP contribution in [0, 0.1) is 5.89 Å². The molecule has 4 heteroatoms. The Labute approximate surface area is 191 Å². The van der Waals surface area contributed by atoms with Gasteiger partial charge in [0.1, 0.15) is 12.4 Å². The van der Waals surface area contributed by atoms with Crippen LogP contribution in [0.1, 0.15) is 80.0 Å². The van der Waals surface area contributed by atoms with Crippen molar-refractivity contribution in [2.45, 2.75) is 72.4 Å². The fourth-order valence-electron chi connectivity index (χ4n) is 3.77. The Kier molecular flexibility index (Phi) is 5.76. The van der Waals surface area contributed by atoms with Crippen LogP contribution in [0.5, 0.6) is 5.75 Å². The number of rotatable bonds is 10. The van der Waals surface area contributed by atoms with Crippen molar-refractivity contribution in [2.75, 3.05) is 6.54 Å². The maximum absolute atomic E-state index is 12.6. The molecule has 0 spiro atoms. The summed E-state index contributed by atoms with van der Waals surface area (Å²) in [7, 11) is 0. The van der Waals surface area contributed by atoms with Crippen LogP contribution >= 0.6 is 0 Å². The van der Waals surface area contributed by atoms with E-state index >= 15 is 0 Å². The average Bonchev–Trinajstić information content (AvgIpc) is 2.79. The second-order valence-electron chi connectivity index (χ2n) is 8.02. The molecule has 2 aromatic rings. The first-order chi connectivity index (χ1) is 17.0. The molecule has 4 nitrogen and oxygen atoms in total. The van der Waals surface area contributed by atoms with Crippen LogP contribution in [0.2, 0.25) is 0 Å². The maximum atomic E-state index is 12.6. The molecule has 0 aliphatic carbocycles. The third-order valence-electron chi connectivity index (χ3n) is 5.25. The predicted molar refractivity (Wildman–Crippen MR) is 123 cm³/mol. The van der Waals surface area contributed by atoms with Gasteiger partial charge in [0.25, 0.3) is 0 Å². The van der Waals surface area contributed by atoms with E-state index in [1.165, 1.54) is 12.1 Å². The van der Waals surface area contributed by atoms with Gasteiger partial charge in [-0.3, -0.25) is 9.69 Å². The van der Waals surface area contributed by atoms with Gasteiger partial charge < -0.3 is 9.84 Å². The first kappa shape index (κ1) is 15.5. The number of phenolic OH excluding ortho intramolecular Hbond substituents is 1. The summed E-state index contributed by atoms with van der Waals surface area (Å²) in [5.41, 5.74) is 2.04. The van der Waals surface area contributed by atoms with E-state index in [0.29, 0.717) is 29.6 Å². The number of benzene rings is 2. The van der Waals surface area contributed by atoms with Crippen LogP contribution in [0.15, 0.2) is 48.5 Å². The molecular formula is C26H37NO3. The number of esters is 1. The van der Waals surface area contributed by atoms with E-state index in [1.54, 1.807) is 6.07 Å². The Morgan fingerprint density at radius 2 is 1.77 bits per heavy atom. The summed E-state index contributed by atoms with van der Waals surface area (Å²) in [6, 6.07) is 15.0. The second kappa shape index (κ2) is 11.2. The van der Waals surface area contributed by atoms with Gasteiger partial charge in [-0.05, 0) is 63.9 Å². The van der Waals surface area contributed by atoms with Crippen LogP contribution in [0.3, 0.4) is 0 Å². The first-order valence-electron chi connectivity index (χ1n) is 13.8. The van der Waals surface area contributed by atoms with Gasteiger partial charge in [0.05, 0.1) is 5.89 Å². The Morgan fingerprint density at radius 3 is 2.37 bits per heavy atom. The number of nitrogens with zero attached hydrogens (tertiary/aromatic N) is 1. The summed E-state index contributed by atoms with van der Waals surface area (Å²) in [5, 5.41) is 10.8. The molecule has 30 heavy (non-hydrogen) atoms. The highest BCUT2D eigenvalue weighted by atomic mass is 16.5. The molecule has 164 valence electrons. The zero-order chi connectivity index (χ0) is 28.2. The molecule has 2 rings (SSSR count). The Balaban J connectivity index is 2.37. The highest BCUT2D eigenvalue weighted by molar-refractivity contribution is 5.71. The van der Waals surface area contributed by atoms with Crippen molar-refractivity contribution >= 4 is 5.97 Å². The highest BCUT2D eigenvalue weighted by Crippen LogP contribution is 2.35. The number of phenols is 1. The van der Waals surface area contributed by atoms with E-state index in [2.05, 4.69) is 32.6 Å². The molecule has 0 saturated carbocycles. The van der Waals surface area contributed by atoms with Gasteiger partial charge in [0.2, 0.25) is 0 Å². The molecule has 0 radical (unpaired) electrons. The van der Waals surface area contributed by atoms with E-state index < -0.39 is 32.2 Å². The lowest BCUT2D eigenvalue weighted by atomic mass is 9.86. The summed E-state index contributed by atoms with van der Waals surface area (Å²) in [5.74, 6) is -5.18. The molecule has 0 amide bonds. The van der Waals surface area contributed by atoms with Gasteiger partial charge in [0, 0.05) is 33.2 Å². The Bertz CT molecular complexity index is 1010. The minimum atomic E-state index is -3.41. The highest BCUT2D eigenvalue weighted by Gasteiger charge is 2.22. The summed E-state index contributed by atoms with van der Waals surface area (Å²) < 4.78 is 57.8. The van der Waals surface area contributed by atoms with E-state index in [4.69, 9.17) is 14.3 Å². The molecule has 0 aliphatic rings. The minimum Gasteiger partial charge on any atom is -0.508 e. The molecule has 2 aromatic carbocycles. The number of ether oxygens (including phenoxy) is 1. The smallest absolute Gasteiger partial charge is 0.308 e. The zero-order valence-corrected chi connectivity index (χ0v) is 18.2. The normalized spacial score (nSPS) is 17.4. The summed E-state index contributed by atoms with van der Waals surface area (Å²) in [6.07, 6.45) is 0.700. The van der Waals surface area contributed by atoms with E-state index in [1.807, 2.05) is 30.3 Å². The van der Waals surface area contributed by atoms with Gasteiger partial charge in [-0.25, -0.2) is 0 Å². The zero-order valence-electron chi connectivity index (χ0n) is 25.2. The Morgan fingerprint density at radius 1 is 1.10 bits per heavy atom. The number of carbonyl (C=O) groups is 1. The monoisotopic (exact) mass is 418 g/mol. The van der Waals surface area contributed by atoms with Crippen molar-refractivity contribution < 1.29 is 24.2 Å². The standard InChI is InChI=1S/C26H37NO3/c1-18(2)26(29)30-17-21-12-13-25(28)24(16-21)23(22-10-8-7-9-11-22)14-15-27(19(3)4)20(5)6/h7-13,16,18-20,23,28H,14-15,17H2,1-6H3/t23-/m1/s1/i1D3,2D3,18D. The number of aromatic hydroxyl groups is 1. The van der Waals surface area contributed by atoms with Crippen molar-refractivity contribution in [1.82, 2.24) is 4.90 Å². The van der Waals surface area contributed by atoms with Crippen molar-refractivity contribution in [3.8, 4) is 5.75 Å². The van der Waals surface area contributed by atoms with Gasteiger partial charge >= 0.3 is 5.97 Å². The lowest BCUT2D eigenvalue weighted by Crippen LogP contribution is -2.38. The average molecular weight is 419 g/mol. The lowest BCUT2D eigenvalue weighted by Gasteiger charge is -2.32. The van der Waals surface area contributed by atoms with Crippen molar-refractivity contribution in [2.24, 2.45) is 5.89 Å². The van der Waals surface area contributed by atoms with E-state index in [-0.39, 0.29) is 11.7 Å². The number of carbonyl (C=O) groups excluding carboxylic acids is 1. The second-order valence-corrected chi connectivity index (χ2v) is 8.02.